The number of carbonyl (C=O) groups is 1. The molecule has 2 aromatic heterocycles. The van der Waals surface area contributed by atoms with E-state index in [1.54, 1.807) is 22.4 Å². The van der Waals surface area contributed by atoms with Gasteiger partial charge in [-0.1, -0.05) is 6.07 Å². The van der Waals surface area contributed by atoms with E-state index in [1.165, 1.54) is 4.88 Å². The molecule has 1 fully saturated rings. The van der Waals surface area contributed by atoms with Crippen LogP contribution < -0.4 is 10.2 Å². The van der Waals surface area contributed by atoms with Crippen LogP contribution in [0.4, 0.5) is 5.82 Å². The number of amides is 1. The molecule has 6 nitrogen and oxygen atoms in total. The van der Waals surface area contributed by atoms with Gasteiger partial charge in [0.1, 0.15) is 0 Å². The zero-order chi connectivity index (χ0) is 16.8. The van der Waals surface area contributed by atoms with Crippen molar-refractivity contribution in [3.8, 4) is 0 Å². The molecule has 3 heterocycles. The Labute approximate surface area is 146 Å². The highest BCUT2D eigenvalue weighted by Crippen LogP contribution is 2.22. The van der Waals surface area contributed by atoms with E-state index < -0.39 is 0 Å². The zero-order valence-electron chi connectivity index (χ0n) is 13.9. The molecule has 0 saturated carbocycles. The van der Waals surface area contributed by atoms with Crippen molar-refractivity contribution < 1.29 is 4.79 Å². The second kappa shape index (κ2) is 8.21. The van der Waals surface area contributed by atoms with Crippen molar-refractivity contribution in [3.63, 3.8) is 0 Å². The highest BCUT2D eigenvalue weighted by atomic mass is 32.1. The van der Waals surface area contributed by atoms with E-state index in [-0.39, 0.29) is 5.91 Å². The standard InChI is InChI=1S/C17H23N5OS/c1-21(13-15-6-4-10-24-15)17(23)12-18-11-14-5-3-9-22(14)16-7-2-8-19-20-16/h2,4,6-8,10,14,18H,3,5,9,11-13H2,1H3/t14-/m0/s1. The van der Waals surface area contributed by atoms with E-state index >= 15 is 0 Å². The summed E-state index contributed by atoms with van der Waals surface area (Å²) in [5.74, 6) is 1.04. The van der Waals surface area contributed by atoms with Crippen LogP contribution in [0.2, 0.25) is 0 Å². The lowest BCUT2D eigenvalue weighted by atomic mass is 10.2. The van der Waals surface area contributed by atoms with Gasteiger partial charge in [-0.3, -0.25) is 4.79 Å². The monoisotopic (exact) mass is 345 g/mol. The number of nitrogens with zero attached hydrogens (tertiary/aromatic N) is 4. The highest BCUT2D eigenvalue weighted by Gasteiger charge is 2.25. The number of rotatable bonds is 7. The van der Waals surface area contributed by atoms with Crippen molar-refractivity contribution in [2.45, 2.75) is 25.4 Å². The van der Waals surface area contributed by atoms with Gasteiger partial charge in [-0.2, -0.15) is 5.10 Å². The molecule has 0 bridgehead atoms. The molecule has 0 spiro atoms. The molecular formula is C17H23N5OS. The Morgan fingerprint density at radius 3 is 3.12 bits per heavy atom. The predicted octanol–water partition coefficient (Wildman–Crippen LogP) is 1.76. The molecule has 1 atom stereocenters. The van der Waals surface area contributed by atoms with Crippen molar-refractivity contribution in [3.05, 3.63) is 40.7 Å². The second-order valence-corrected chi connectivity index (χ2v) is 7.06. The number of carbonyl (C=O) groups excluding carboxylic acids is 1. The maximum Gasteiger partial charge on any atom is 0.236 e. The molecule has 24 heavy (non-hydrogen) atoms. The van der Waals surface area contributed by atoms with E-state index in [0.717, 1.165) is 31.7 Å². The molecular weight excluding hydrogens is 322 g/mol. The summed E-state index contributed by atoms with van der Waals surface area (Å²) in [7, 11) is 1.85. The maximum atomic E-state index is 12.2. The molecule has 0 aromatic carbocycles. The first-order chi connectivity index (χ1) is 11.7. The quantitative estimate of drug-likeness (QED) is 0.828. The Balaban J connectivity index is 1.44. The van der Waals surface area contributed by atoms with Crippen molar-refractivity contribution in [1.29, 1.82) is 0 Å². The fraction of sp³-hybridized carbons (Fsp3) is 0.471. The summed E-state index contributed by atoms with van der Waals surface area (Å²) >= 11 is 1.68. The minimum Gasteiger partial charge on any atom is -0.351 e. The average molecular weight is 345 g/mol. The Hall–Kier alpha value is -1.99. The third-order valence-electron chi connectivity index (χ3n) is 4.28. The van der Waals surface area contributed by atoms with Gasteiger partial charge in [0.2, 0.25) is 5.91 Å². The van der Waals surface area contributed by atoms with Gasteiger partial charge in [0.05, 0.1) is 13.1 Å². The minimum absolute atomic E-state index is 0.118. The summed E-state index contributed by atoms with van der Waals surface area (Å²) in [6.07, 6.45) is 3.95. The fourth-order valence-electron chi connectivity index (χ4n) is 3.00. The minimum atomic E-state index is 0.118. The molecule has 7 heteroatoms. The Morgan fingerprint density at radius 2 is 2.38 bits per heavy atom. The highest BCUT2D eigenvalue weighted by molar-refractivity contribution is 7.09. The average Bonchev–Trinajstić information content (AvgIpc) is 3.27. The van der Waals surface area contributed by atoms with Crippen molar-refractivity contribution in [2.75, 3.05) is 31.6 Å². The Bertz CT molecular complexity index is 634. The van der Waals surface area contributed by atoms with E-state index in [9.17, 15) is 4.79 Å². The van der Waals surface area contributed by atoms with E-state index in [2.05, 4.69) is 26.5 Å². The Morgan fingerprint density at radius 1 is 1.46 bits per heavy atom. The summed E-state index contributed by atoms with van der Waals surface area (Å²) in [6, 6.07) is 8.34. The van der Waals surface area contributed by atoms with Gasteiger partial charge < -0.3 is 15.1 Å². The van der Waals surface area contributed by atoms with E-state index in [1.807, 2.05) is 30.6 Å². The van der Waals surface area contributed by atoms with Crippen LogP contribution >= 0.6 is 11.3 Å². The van der Waals surface area contributed by atoms with Crippen LogP contribution in [-0.4, -0.2) is 53.7 Å². The number of thiophene rings is 1. The summed E-state index contributed by atoms with van der Waals surface area (Å²) in [5, 5.41) is 13.5. The summed E-state index contributed by atoms with van der Waals surface area (Å²) in [5.41, 5.74) is 0. The van der Waals surface area contributed by atoms with Crippen molar-refractivity contribution >= 4 is 23.1 Å². The van der Waals surface area contributed by atoms with Gasteiger partial charge in [-0.25, -0.2) is 0 Å². The topological polar surface area (TPSA) is 61.4 Å². The van der Waals surface area contributed by atoms with Crippen molar-refractivity contribution in [1.82, 2.24) is 20.4 Å². The molecule has 1 saturated heterocycles. The number of likely N-dealkylation sites (N-methyl/N-ethyl adjacent to an activating group) is 1. The number of nitrogens with one attached hydrogen (secondary N) is 1. The van der Waals surface area contributed by atoms with Crippen LogP contribution in [0.1, 0.15) is 17.7 Å². The van der Waals surface area contributed by atoms with Crippen molar-refractivity contribution in [2.24, 2.45) is 0 Å². The molecule has 0 radical (unpaired) electrons. The molecule has 0 unspecified atom stereocenters. The first-order valence-corrected chi connectivity index (χ1v) is 9.13. The summed E-state index contributed by atoms with van der Waals surface area (Å²) in [6.45, 7) is 2.83. The lowest BCUT2D eigenvalue weighted by molar-refractivity contribution is -0.129. The molecule has 1 amide bonds. The molecule has 0 aliphatic carbocycles. The molecule has 1 N–H and O–H groups in total. The van der Waals surface area contributed by atoms with Gasteiger partial charge in [0.15, 0.2) is 5.82 Å². The SMILES string of the molecule is CN(Cc1cccs1)C(=O)CNC[C@@H]1CCCN1c1cccnn1. The normalized spacial score (nSPS) is 17.2. The fourth-order valence-corrected chi connectivity index (χ4v) is 3.76. The van der Waals surface area contributed by atoms with Crippen LogP contribution in [0.5, 0.6) is 0 Å². The largest absolute Gasteiger partial charge is 0.351 e. The van der Waals surface area contributed by atoms with E-state index in [4.69, 9.17) is 0 Å². The number of hydrogen-bond donors (Lipinski definition) is 1. The smallest absolute Gasteiger partial charge is 0.236 e. The van der Waals surface area contributed by atoms with Crippen LogP contribution in [0, 0.1) is 0 Å². The van der Waals surface area contributed by atoms with Crippen LogP contribution in [0.3, 0.4) is 0 Å². The van der Waals surface area contributed by atoms with Crippen LogP contribution in [-0.2, 0) is 11.3 Å². The number of hydrogen-bond acceptors (Lipinski definition) is 6. The summed E-state index contributed by atoms with van der Waals surface area (Å²) in [4.78, 5) is 17.5. The molecule has 3 rings (SSSR count). The van der Waals surface area contributed by atoms with E-state index in [0.29, 0.717) is 19.1 Å². The third-order valence-corrected chi connectivity index (χ3v) is 5.15. The maximum absolute atomic E-state index is 12.2. The van der Waals surface area contributed by atoms with Crippen LogP contribution in [0.25, 0.3) is 0 Å². The molecule has 1 aliphatic heterocycles. The van der Waals surface area contributed by atoms with Crippen LogP contribution in [0.15, 0.2) is 35.8 Å². The molecule has 2 aromatic rings. The van der Waals surface area contributed by atoms with Gasteiger partial charge in [-0.15, -0.1) is 16.4 Å². The molecule has 1 aliphatic rings. The molecule has 128 valence electrons. The van der Waals surface area contributed by atoms with Gasteiger partial charge in [0, 0.05) is 37.3 Å². The predicted molar refractivity (Wildman–Crippen MR) is 96.1 cm³/mol. The second-order valence-electron chi connectivity index (χ2n) is 6.03. The van der Waals surface area contributed by atoms with Gasteiger partial charge >= 0.3 is 0 Å². The zero-order valence-corrected chi connectivity index (χ0v) is 14.7. The first-order valence-electron chi connectivity index (χ1n) is 8.25. The lowest BCUT2D eigenvalue weighted by Crippen LogP contribution is -2.42. The van der Waals surface area contributed by atoms with Gasteiger partial charge in [-0.05, 0) is 36.4 Å². The third kappa shape index (κ3) is 4.30. The lowest BCUT2D eigenvalue weighted by Gasteiger charge is -2.25. The Kier molecular flexibility index (Phi) is 5.77. The first kappa shape index (κ1) is 16.9. The van der Waals surface area contributed by atoms with Gasteiger partial charge in [0.25, 0.3) is 0 Å². The number of aromatic nitrogens is 2. The summed E-state index contributed by atoms with van der Waals surface area (Å²) < 4.78 is 0. The number of anilines is 1.